The minimum Gasteiger partial charge on any atom is -0.449 e. The summed E-state index contributed by atoms with van der Waals surface area (Å²) in [6, 6.07) is 7.43. The number of carbonyl (C=O) groups excluding carboxylic acids is 4. The van der Waals surface area contributed by atoms with Crippen LogP contribution in [-0.2, 0) is 19.1 Å². The van der Waals surface area contributed by atoms with Crippen molar-refractivity contribution < 1.29 is 28.4 Å². The average Bonchev–Trinajstić information content (AvgIpc) is 3.24. The van der Waals surface area contributed by atoms with Crippen LogP contribution in [0.25, 0.3) is 0 Å². The van der Waals surface area contributed by atoms with Crippen molar-refractivity contribution in [1.29, 1.82) is 0 Å². The van der Waals surface area contributed by atoms with Crippen molar-refractivity contribution in [2.24, 2.45) is 0 Å². The zero-order chi connectivity index (χ0) is 20.3. The highest BCUT2D eigenvalue weighted by Crippen LogP contribution is 2.23. The van der Waals surface area contributed by atoms with Gasteiger partial charge in [0.25, 0.3) is 5.91 Å². The van der Waals surface area contributed by atoms with Crippen LogP contribution in [0.1, 0.15) is 42.3 Å². The van der Waals surface area contributed by atoms with Crippen LogP contribution in [-0.4, -0.2) is 35.0 Å². The summed E-state index contributed by atoms with van der Waals surface area (Å²) < 4.78 is 10.2. The van der Waals surface area contributed by atoms with Gasteiger partial charge in [-0.25, -0.2) is 4.79 Å². The summed E-state index contributed by atoms with van der Waals surface area (Å²) in [4.78, 5) is 49.3. The molecule has 28 heavy (non-hydrogen) atoms. The summed E-state index contributed by atoms with van der Waals surface area (Å²) in [6.07, 6.45) is -0.378. The van der Waals surface area contributed by atoms with E-state index in [0.29, 0.717) is 11.4 Å². The summed E-state index contributed by atoms with van der Waals surface area (Å²) in [7, 11) is 0. The maximum atomic E-state index is 12.4. The lowest BCUT2D eigenvalue weighted by Gasteiger charge is -2.16. The Kier molecular flexibility index (Phi) is 5.53. The first kappa shape index (κ1) is 19.3. The molecule has 0 saturated carbocycles. The van der Waals surface area contributed by atoms with Crippen LogP contribution in [0.2, 0.25) is 0 Å². The number of esters is 1. The maximum absolute atomic E-state index is 12.4. The summed E-state index contributed by atoms with van der Waals surface area (Å²) in [5, 5.41) is 6.19. The fourth-order valence-electron chi connectivity index (χ4n) is 2.76. The third-order valence-corrected chi connectivity index (χ3v) is 4.20. The number of hydrogen-bond donors (Lipinski definition) is 1. The Hall–Kier alpha value is -3.49. The molecule has 2 heterocycles. The minimum absolute atomic E-state index is 0.182. The van der Waals surface area contributed by atoms with E-state index in [1.807, 2.05) is 0 Å². The Balaban J connectivity index is 1.64. The third kappa shape index (κ3) is 4.08. The molecule has 0 aliphatic carbocycles. The number of rotatable bonds is 6. The molecule has 3 amide bonds. The molecule has 1 fully saturated rings. The molecule has 1 aliphatic heterocycles. The van der Waals surface area contributed by atoms with E-state index in [-0.39, 0.29) is 42.5 Å². The molecule has 1 aliphatic rings. The van der Waals surface area contributed by atoms with Crippen LogP contribution in [0.3, 0.4) is 0 Å². The Morgan fingerprint density at radius 3 is 2.39 bits per heavy atom. The molecular weight excluding hydrogens is 366 g/mol. The topological polar surface area (TPSA) is 119 Å². The van der Waals surface area contributed by atoms with E-state index in [1.54, 1.807) is 19.9 Å². The van der Waals surface area contributed by atoms with Gasteiger partial charge in [0.05, 0.1) is 11.3 Å². The molecule has 146 valence electrons. The van der Waals surface area contributed by atoms with Crippen LogP contribution < -0.4 is 10.2 Å². The Labute approximate surface area is 160 Å². The number of imide groups is 1. The number of carbonyl (C=O) groups is 4. The van der Waals surface area contributed by atoms with E-state index in [9.17, 15) is 19.2 Å². The zero-order valence-electron chi connectivity index (χ0n) is 15.4. The van der Waals surface area contributed by atoms with Gasteiger partial charge in [-0.2, -0.15) is 0 Å². The molecular formula is C19H19N3O6. The van der Waals surface area contributed by atoms with Crippen LogP contribution in [0.15, 0.2) is 34.9 Å². The highest BCUT2D eigenvalue weighted by atomic mass is 16.5. The second-order valence-electron chi connectivity index (χ2n) is 6.28. The zero-order valence-corrected chi connectivity index (χ0v) is 15.4. The smallest absolute Gasteiger partial charge is 0.338 e. The van der Waals surface area contributed by atoms with E-state index >= 15 is 0 Å². The molecule has 0 bridgehead atoms. The van der Waals surface area contributed by atoms with Crippen LogP contribution in [0.4, 0.5) is 11.5 Å². The Morgan fingerprint density at radius 1 is 1.21 bits per heavy atom. The van der Waals surface area contributed by atoms with Crippen LogP contribution >= 0.6 is 0 Å². The van der Waals surface area contributed by atoms with E-state index in [2.05, 4.69) is 10.5 Å². The molecule has 0 radical (unpaired) electrons. The molecule has 2 aromatic rings. The number of hydrogen-bond acceptors (Lipinski definition) is 7. The van der Waals surface area contributed by atoms with Gasteiger partial charge in [-0.05, 0) is 37.6 Å². The van der Waals surface area contributed by atoms with Gasteiger partial charge in [0.1, 0.15) is 5.76 Å². The second kappa shape index (κ2) is 8.03. The van der Waals surface area contributed by atoms with Crippen molar-refractivity contribution in [3.8, 4) is 0 Å². The third-order valence-electron chi connectivity index (χ3n) is 4.20. The first-order chi connectivity index (χ1) is 13.4. The molecule has 1 unspecified atom stereocenters. The summed E-state index contributed by atoms with van der Waals surface area (Å²) in [5.74, 6) is -0.980. The molecule has 9 nitrogen and oxygen atoms in total. The second-order valence-corrected chi connectivity index (χ2v) is 6.28. The predicted octanol–water partition coefficient (Wildman–Crippen LogP) is 2.21. The molecule has 1 N–H and O–H groups in total. The SMILES string of the molecule is CCC(OC(=O)c1ccc(N2C(=O)CCC2=O)cc1)C(=O)Nc1cc(C)on1. The molecule has 1 aromatic carbocycles. The van der Waals surface area contributed by atoms with Gasteiger partial charge >= 0.3 is 5.97 Å². The van der Waals surface area contributed by atoms with Crippen molar-refractivity contribution in [3.05, 3.63) is 41.7 Å². The van der Waals surface area contributed by atoms with Gasteiger partial charge in [0, 0.05) is 18.9 Å². The van der Waals surface area contributed by atoms with E-state index in [1.165, 1.54) is 24.3 Å². The van der Waals surface area contributed by atoms with Crippen LogP contribution in [0.5, 0.6) is 0 Å². The summed E-state index contributed by atoms with van der Waals surface area (Å²) in [6.45, 7) is 3.40. The summed E-state index contributed by atoms with van der Waals surface area (Å²) >= 11 is 0. The van der Waals surface area contributed by atoms with Gasteiger partial charge in [-0.15, -0.1) is 0 Å². The first-order valence-corrected chi connectivity index (χ1v) is 8.80. The standard InChI is InChI=1S/C19H19N3O6/c1-3-14(18(25)20-15-10-11(2)28-21-15)27-19(26)12-4-6-13(7-5-12)22-16(23)8-9-17(22)24/h4-7,10,14H,3,8-9H2,1-2H3,(H,20,21,25). The lowest BCUT2D eigenvalue weighted by atomic mass is 10.2. The number of aryl methyl sites for hydroxylation is 1. The number of amides is 3. The Bertz CT molecular complexity index is 902. The normalized spacial score (nSPS) is 14.9. The quantitative estimate of drug-likeness (QED) is 0.598. The highest BCUT2D eigenvalue weighted by molar-refractivity contribution is 6.19. The molecule has 1 atom stereocenters. The van der Waals surface area contributed by atoms with Gasteiger partial charge in [-0.1, -0.05) is 12.1 Å². The minimum atomic E-state index is -1.01. The molecule has 0 spiro atoms. The monoisotopic (exact) mass is 385 g/mol. The lowest BCUT2D eigenvalue weighted by Crippen LogP contribution is -2.32. The molecule has 1 saturated heterocycles. The van der Waals surface area contributed by atoms with Crippen molar-refractivity contribution in [2.75, 3.05) is 10.2 Å². The maximum Gasteiger partial charge on any atom is 0.338 e. The molecule has 1 aromatic heterocycles. The number of aromatic nitrogens is 1. The van der Waals surface area contributed by atoms with Crippen molar-refractivity contribution >= 4 is 35.2 Å². The lowest BCUT2D eigenvalue weighted by molar-refractivity contribution is -0.125. The number of nitrogens with zero attached hydrogens (tertiary/aromatic N) is 2. The first-order valence-electron chi connectivity index (χ1n) is 8.80. The number of anilines is 2. The van der Waals surface area contributed by atoms with Gasteiger partial charge in [0.15, 0.2) is 11.9 Å². The van der Waals surface area contributed by atoms with Gasteiger partial charge < -0.3 is 14.6 Å². The van der Waals surface area contributed by atoms with Crippen molar-refractivity contribution in [2.45, 2.75) is 39.2 Å². The fraction of sp³-hybridized carbons (Fsp3) is 0.316. The fourth-order valence-corrected chi connectivity index (χ4v) is 2.76. The van der Waals surface area contributed by atoms with Gasteiger partial charge in [0.2, 0.25) is 11.8 Å². The average molecular weight is 385 g/mol. The number of ether oxygens (including phenoxy) is 1. The number of nitrogens with one attached hydrogen (secondary N) is 1. The van der Waals surface area contributed by atoms with Crippen LogP contribution in [0, 0.1) is 6.92 Å². The molecule has 3 rings (SSSR count). The predicted molar refractivity (Wildman–Crippen MR) is 97.5 cm³/mol. The summed E-state index contributed by atoms with van der Waals surface area (Å²) in [5.41, 5.74) is 0.599. The van der Waals surface area contributed by atoms with E-state index < -0.39 is 18.0 Å². The molecule has 9 heteroatoms. The largest absolute Gasteiger partial charge is 0.449 e. The Morgan fingerprint density at radius 2 is 1.86 bits per heavy atom. The van der Waals surface area contributed by atoms with Gasteiger partial charge in [-0.3, -0.25) is 19.3 Å². The van der Waals surface area contributed by atoms with E-state index in [4.69, 9.17) is 9.26 Å². The highest BCUT2D eigenvalue weighted by Gasteiger charge is 2.30. The van der Waals surface area contributed by atoms with Crippen molar-refractivity contribution in [1.82, 2.24) is 5.16 Å². The number of benzene rings is 1. The van der Waals surface area contributed by atoms with E-state index in [0.717, 1.165) is 4.90 Å². The van der Waals surface area contributed by atoms with Crippen molar-refractivity contribution in [3.63, 3.8) is 0 Å².